The van der Waals surface area contributed by atoms with Crippen LogP contribution < -0.4 is 4.74 Å². The van der Waals surface area contributed by atoms with Crippen LogP contribution in [0.3, 0.4) is 0 Å². The Hall–Kier alpha value is -2.43. The Morgan fingerprint density at radius 2 is 2.05 bits per heavy atom. The molecule has 0 saturated carbocycles. The first-order valence-corrected chi connectivity index (χ1v) is 5.62. The molecule has 0 radical (unpaired) electrons. The van der Waals surface area contributed by atoms with E-state index in [1.165, 1.54) is 24.3 Å². The van der Waals surface area contributed by atoms with Gasteiger partial charge in [-0.05, 0) is 26.0 Å². The number of rotatable bonds is 3. The van der Waals surface area contributed by atoms with Crippen molar-refractivity contribution in [3.8, 4) is 11.5 Å². The maximum absolute atomic E-state index is 13.1. The van der Waals surface area contributed by atoms with Crippen molar-refractivity contribution in [3.63, 3.8) is 0 Å². The molecule has 0 atom stereocenters. The normalized spacial score (nSPS) is 10.3. The molecule has 2 aromatic rings. The zero-order valence-corrected chi connectivity index (χ0v) is 10.5. The van der Waals surface area contributed by atoms with E-state index in [1.807, 2.05) is 0 Å². The van der Waals surface area contributed by atoms with E-state index in [1.54, 1.807) is 19.9 Å². The second-order valence-corrected chi connectivity index (χ2v) is 4.09. The molecule has 1 heterocycles. The first-order chi connectivity index (χ1) is 8.97. The number of carbonyl (C=O) groups is 1. The predicted octanol–water partition coefficient (Wildman–Crippen LogP) is 3.33. The minimum atomic E-state index is -1.13. The van der Waals surface area contributed by atoms with Gasteiger partial charge in [0.15, 0.2) is 0 Å². The average Bonchev–Trinajstić information content (AvgIpc) is 2.26. The zero-order valence-electron chi connectivity index (χ0n) is 10.5. The van der Waals surface area contributed by atoms with Crippen molar-refractivity contribution >= 4 is 5.97 Å². The number of halogens is 1. The van der Waals surface area contributed by atoms with Crippen LogP contribution in [0.25, 0.3) is 0 Å². The maximum Gasteiger partial charge on any atom is 0.341 e. The van der Waals surface area contributed by atoms with Crippen LogP contribution in [0.5, 0.6) is 11.5 Å². The molecule has 0 aliphatic heterocycles. The Kier molecular flexibility index (Phi) is 3.46. The first kappa shape index (κ1) is 13.0. The number of pyridine rings is 1. The third kappa shape index (κ3) is 2.88. The molecule has 1 N–H and O–H groups in total. The molecule has 98 valence electrons. The summed E-state index contributed by atoms with van der Waals surface area (Å²) in [6.45, 7) is 3.33. The van der Waals surface area contributed by atoms with E-state index < -0.39 is 11.8 Å². The van der Waals surface area contributed by atoms with Gasteiger partial charge in [-0.1, -0.05) is 6.07 Å². The minimum absolute atomic E-state index is 0.0186. The second kappa shape index (κ2) is 5.06. The Morgan fingerprint density at radius 1 is 1.32 bits per heavy atom. The molecule has 0 aliphatic carbocycles. The summed E-state index contributed by atoms with van der Waals surface area (Å²) in [6, 6.07) is 7.04. The van der Waals surface area contributed by atoms with Gasteiger partial charge in [0.1, 0.15) is 22.9 Å². The Morgan fingerprint density at radius 3 is 2.68 bits per heavy atom. The van der Waals surface area contributed by atoms with Gasteiger partial charge in [0.2, 0.25) is 0 Å². The molecule has 1 aromatic heterocycles. The van der Waals surface area contributed by atoms with Crippen LogP contribution in [0.1, 0.15) is 21.7 Å². The van der Waals surface area contributed by atoms with Crippen molar-refractivity contribution in [2.45, 2.75) is 13.8 Å². The standard InChI is InChI=1S/C14H12FNO3/c1-8-6-12(13(14(17)18)9(2)16-8)19-11-5-3-4-10(15)7-11/h3-7H,1-2H3,(H,17,18). The Labute approximate surface area is 109 Å². The van der Waals surface area contributed by atoms with Crippen molar-refractivity contribution in [2.24, 2.45) is 0 Å². The van der Waals surface area contributed by atoms with Crippen LogP contribution in [0, 0.1) is 19.7 Å². The van der Waals surface area contributed by atoms with Gasteiger partial charge in [0.05, 0.1) is 5.69 Å². The molecule has 4 nitrogen and oxygen atoms in total. The lowest BCUT2D eigenvalue weighted by Crippen LogP contribution is -2.06. The fourth-order valence-electron chi connectivity index (χ4n) is 1.79. The van der Waals surface area contributed by atoms with E-state index in [-0.39, 0.29) is 17.1 Å². The number of carboxylic acid groups (broad SMARTS) is 1. The molecule has 0 unspecified atom stereocenters. The quantitative estimate of drug-likeness (QED) is 0.920. The topological polar surface area (TPSA) is 59.4 Å². The first-order valence-electron chi connectivity index (χ1n) is 5.62. The van der Waals surface area contributed by atoms with Crippen LogP contribution in [0.2, 0.25) is 0 Å². The number of carboxylic acids is 1. The van der Waals surface area contributed by atoms with Gasteiger partial charge < -0.3 is 9.84 Å². The third-order valence-electron chi connectivity index (χ3n) is 2.53. The van der Waals surface area contributed by atoms with Crippen LogP contribution in [-0.4, -0.2) is 16.1 Å². The molecule has 0 aliphatic rings. The Bertz CT molecular complexity index is 641. The van der Waals surface area contributed by atoms with Crippen molar-refractivity contribution in [3.05, 3.63) is 53.1 Å². The number of nitrogens with zero attached hydrogens (tertiary/aromatic N) is 1. The smallest absolute Gasteiger partial charge is 0.341 e. The third-order valence-corrected chi connectivity index (χ3v) is 2.53. The molecule has 5 heteroatoms. The van der Waals surface area contributed by atoms with Gasteiger partial charge in [-0.25, -0.2) is 9.18 Å². The van der Waals surface area contributed by atoms with E-state index >= 15 is 0 Å². The molecule has 0 fully saturated rings. The summed E-state index contributed by atoms with van der Waals surface area (Å²) < 4.78 is 18.5. The molecule has 0 bridgehead atoms. The van der Waals surface area contributed by atoms with E-state index in [9.17, 15) is 14.3 Å². The van der Waals surface area contributed by atoms with Crippen molar-refractivity contribution in [2.75, 3.05) is 0 Å². The lowest BCUT2D eigenvalue weighted by atomic mass is 10.1. The van der Waals surface area contributed by atoms with Crippen LogP contribution in [-0.2, 0) is 0 Å². The number of ether oxygens (including phenoxy) is 1. The SMILES string of the molecule is Cc1cc(Oc2cccc(F)c2)c(C(=O)O)c(C)n1. The summed E-state index contributed by atoms with van der Waals surface area (Å²) in [4.78, 5) is 15.3. The highest BCUT2D eigenvalue weighted by molar-refractivity contribution is 5.92. The lowest BCUT2D eigenvalue weighted by Gasteiger charge is -2.11. The number of hydrogen-bond donors (Lipinski definition) is 1. The monoisotopic (exact) mass is 261 g/mol. The summed E-state index contributed by atoms with van der Waals surface area (Å²) >= 11 is 0. The van der Waals surface area contributed by atoms with Crippen molar-refractivity contribution < 1.29 is 19.0 Å². The van der Waals surface area contributed by atoms with Gasteiger partial charge in [0, 0.05) is 17.8 Å². The fraction of sp³-hybridized carbons (Fsp3) is 0.143. The molecule has 1 aromatic carbocycles. The summed E-state index contributed by atoms with van der Waals surface area (Å²) in [7, 11) is 0. The minimum Gasteiger partial charge on any atom is -0.477 e. The molecule has 19 heavy (non-hydrogen) atoms. The van der Waals surface area contributed by atoms with Gasteiger partial charge in [-0.2, -0.15) is 0 Å². The van der Waals surface area contributed by atoms with Crippen molar-refractivity contribution in [1.82, 2.24) is 4.98 Å². The number of hydrogen-bond acceptors (Lipinski definition) is 3. The lowest BCUT2D eigenvalue weighted by molar-refractivity contribution is 0.0693. The number of aromatic nitrogens is 1. The summed E-state index contributed by atoms with van der Waals surface area (Å²) in [5.74, 6) is -1.18. The highest BCUT2D eigenvalue weighted by atomic mass is 19.1. The maximum atomic E-state index is 13.1. The van der Waals surface area contributed by atoms with E-state index in [0.717, 1.165) is 0 Å². The van der Waals surface area contributed by atoms with E-state index in [4.69, 9.17) is 4.74 Å². The number of aromatic carboxylic acids is 1. The summed E-state index contributed by atoms with van der Waals surface area (Å²) in [5, 5.41) is 9.18. The summed E-state index contributed by atoms with van der Waals surface area (Å²) in [6.07, 6.45) is 0. The molecular weight excluding hydrogens is 249 g/mol. The molecule has 0 saturated heterocycles. The number of benzene rings is 1. The highest BCUT2D eigenvalue weighted by Gasteiger charge is 2.17. The van der Waals surface area contributed by atoms with Crippen LogP contribution in [0.15, 0.2) is 30.3 Å². The second-order valence-electron chi connectivity index (χ2n) is 4.09. The largest absolute Gasteiger partial charge is 0.477 e. The Balaban J connectivity index is 2.47. The van der Waals surface area contributed by atoms with Gasteiger partial charge in [-0.3, -0.25) is 4.98 Å². The average molecular weight is 261 g/mol. The van der Waals surface area contributed by atoms with Crippen molar-refractivity contribution in [1.29, 1.82) is 0 Å². The van der Waals surface area contributed by atoms with Crippen LogP contribution in [0.4, 0.5) is 4.39 Å². The van der Waals surface area contributed by atoms with E-state index in [0.29, 0.717) is 11.4 Å². The zero-order chi connectivity index (χ0) is 14.0. The summed E-state index contributed by atoms with van der Waals surface area (Å²) in [5.41, 5.74) is 0.975. The van der Waals surface area contributed by atoms with Gasteiger partial charge >= 0.3 is 5.97 Å². The fourth-order valence-corrected chi connectivity index (χ4v) is 1.79. The van der Waals surface area contributed by atoms with Gasteiger partial charge in [-0.15, -0.1) is 0 Å². The molecule has 0 spiro atoms. The predicted molar refractivity (Wildman–Crippen MR) is 67.1 cm³/mol. The molecule has 2 rings (SSSR count). The van der Waals surface area contributed by atoms with Gasteiger partial charge in [0.25, 0.3) is 0 Å². The molecule has 0 amide bonds. The van der Waals surface area contributed by atoms with E-state index in [2.05, 4.69) is 4.98 Å². The highest BCUT2D eigenvalue weighted by Crippen LogP contribution is 2.28. The number of aryl methyl sites for hydroxylation is 2. The molecular formula is C14H12FNO3. The van der Waals surface area contributed by atoms with Crippen LogP contribution >= 0.6 is 0 Å².